The lowest BCUT2D eigenvalue weighted by atomic mass is 10.0. The van der Waals surface area contributed by atoms with E-state index >= 15 is 0 Å². The van der Waals surface area contributed by atoms with Gasteiger partial charge in [0.15, 0.2) is 0 Å². The van der Waals surface area contributed by atoms with Gasteiger partial charge in [0.25, 0.3) is 5.91 Å². The highest BCUT2D eigenvalue weighted by molar-refractivity contribution is 5.96. The number of amides is 2. The molecule has 0 atom stereocenters. The van der Waals surface area contributed by atoms with Crippen LogP contribution in [0.2, 0.25) is 0 Å². The van der Waals surface area contributed by atoms with Gasteiger partial charge in [0, 0.05) is 43.5 Å². The third kappa shape index (κ3) is 5.11. The summed E-state index contributed by atoms with van der Waals surface area (Å²) in [6, 6.07) is 19.4. The molecule has 2 heterocycles. The number of hydrogen-bond acceptors (Lipinski definition) is 5. The molecule has 4 rings (SSSR count). The summed E-state index contributed by atoms with van der Waals surface area (Å²) in [5.74, 6) is 1.32. The van der Waals surface area contributed by atoms with Crippen LogP contribution in [0.3, 0.4) is 0 Å². The molecule has 1 aliphatic rings. The van der Waals surface area contributed by atoms with Crippen molar-refractivity contribution in [3.05, 3.63) is 77.7 Å². The van der Waals surface area contributed by atoms with E-state index in [-0.39, 0.29) is 18.4 Å². The minimum absolute atomic E-state index is 0.00894. The van der Waals surface area contributed by atoms with Crippen LogP contribution >= 0.6 is 0 Å². The topological polar surface area (TPSA) is 78.4 Å². The van der Waals surface area contributed by atoms with Crippen molar-refractivity contribution < 1.29 is 9.59 Å². The second kappa shape index (κ2) is 9.60. The number of aromatic nitrogens is 2. The Labute approximate surface area is 188 Å². The molecule has 1 aliphatic heterocycles. The lowest BCUT2D eigenvalue weighted by Crippen LogP contribution is -2.51. The van der Waals surface area contributed by atoms with Gasteiger partial charge in [-0.2, -0.15) is 0 Å². The summed E-state index contributed by atoms with van der Waals surface area (Å²) in [4.78, 5) is 37.8. The number of rotatable bonds is 5. The van der Waals surface area contributed by atoms with Crippen LogP contribution in [0, 0.1) is 13.8 Å². The Balaban J connectivity index is 1.27. The molecule has 0 aliphatic carbocycles. The van der Waals surface area contributed by atoms with E-state index in [4.69, 9.17) is 0 Å². The highest BCUT2D eigenvalue weighted by atomic mass is 16.2. The number of aryl methyl sites for hydroxylation is 2. The number of nitrogens with one attached hydrogen (secondary N) is 1. The Morgan fingerprint density at radius 3 is 2.19 bits per heavy atom. The molecule has 1 N–H and O–H groups in total. The predicted molar refractivity (Wildman–Crippen MR) is 125 cm³/mol. The van der Waals surface area contributed by atoms with Crippen LogP contribution in [0.25, 0.3) is 11.1 Å². The van der Waals surface area contributed by atoms with Crippen LogP contribution in [-0.2, 0) is 4.79 Å². The van der Waals surface area contributed by atoms with Gasteiger partial charge >= 0.3 is 0 Å². The first-order valence-electron chi connectivity index (χ1n) is 10.8. The summed E-state index contributed by atoms with van der Waals surface area (Å²) < 4.78 is 0. The van der Waals surface area contributed by atoms with Crippen LogP contribution < -0.4 is 10.2 Å². The Bertz CT molecular complexity index is 1070. The van der Waals surface area contributed by atoms with Gasteiger partial charge < -0.3 is 15.1 Å². The van der Waals surface area contributed by atoms with Crippen LogP contribution in [0.1, 0.15) is 21.9 Å². The normalized spacial score (nSPS) is 13.7. The minimum Gasteiger partial charge on any atom is -0.353 e. The monoisotopic (exact) mass is 429 g/mol. The zero-order valence-corrected chi connectivity index (χ0v) is 18.4. The molecule has 0 bridgehead atoms. The van der Waals surface area contributed by atoms with Crippen molar-refractivity contribution in [1.29, 1.82) is 0 Å². The van der Waals surface area contributed by atoms with Crippen molar-refractivity contribution in [2.45, 2.75) is 13.8 Å². The number of piperazine rings is 1. The quantitative estimate of drug-likeness (QED) is 0.675. The van der Waals surface area contributed by atoms with E-state index in [2.05, 4.69) is 20.2 Å². The summed E-state index contributed by atoms with van der Waals surface area (Å²) >= 11 is 0. The first-order valence-corrected chi connectivity index (χ1v) is 10.8. The summed E-state index contributed by atoms with van der Waals surface area (Å²) in [6.07, 6.45) is 0. The highest BCUT2D eigenvalue weighted by Gasteiger charge is 2.22. The maximum atomic E-state index is 12.6. The third-order valence-corrected chi connectivity index (χ3v) is 5.56. The van der Waals surface area contributed by atoms with Gasteiger partial charge in [-0.15, -0.1) is 0 Å². The number of hydrogen-bond donors (Lipinski definition) is 1. The van der Waals surface area contributed by atoms with Crippen LogP contribution in [0.4, 0.5) is 5.82 Å². The molecule has 0 radical (unpaired) electrons. The Hall–Kier alpha value is -3.74. The highest BCUT2D eigenvalue weighted by Crippen LogP contribution is 2.19. The zero-order valence-electron chi connectivity index (χ0n) is 18.4. The standard InChI is InChI=1S/C25H27N5O2/c1-18-16-23(28-19(2)27-18)29-12-14-30(15-13-29)24(31)17-26-25(32)22-10-8-21(9-11-22)20-6-4-3-5-7-20/h3-11,16H,12-15,17H2,1-2H3,(H,26,32). The fourth-order valence-electron chi connectivity index (χ4n) is 3.86. The van der Waals surface area contributed by atoms with Crippen molar-refractivity contribution in [3.63, 3.8) is 0 Å². The van der Waals surface area contributed by atoms with Gasteiger partial charge in [-0.1, -0.05) is 42.5 Å². The van der Waals surface area contributed by atoms with Gasteiger partial charge in [0.05, 0.1) is 6.54 Å². The van der Waals surface area contributed by atoms with Crippen molar-refractivity contribution >= 4 is 17.6 Å². The number of benzene rings is 2. The Morgan fingerprint density at radius 1 is 0.875 bits per heavy atom. The molecule has 32 heavy (non-hydrogen) atoms. The van der Waals surface area contributed by atoms with Crippen LogP contribution in [0.5, 0.6) is 0 Å². The first kappa shape index (κ1) is 21.5. The molecule has 2 aromatic carbocycles. The fourth-order valence-corrected chi connectivity index (χ4v) is 3.86. The molecule has 3 aromatic rings. The van der Waals surface area contributed by atoms with E-state index in [9.17, 15) is 9.59 Å². The molecule has 0 spiro atoms. The molecule has 164 valence electrons. The largest absolute Gasteiger partial charge is 0.353 e. The van der Waals surface area contributed by atoms with Gasteiger partial charge in [-0.05, 0) is 37.1 Å². The molecule has 1 aromatic heterocycles. The third-order valence-electron chi connectivity index (χ3n) is 5.56. The summed E-state index contributed by atoms with van der Waals surface area (Å²) in [6.45, 7) is 6.44. The number of carbonyl (C=O) groups is 2. The number of anilines is 1. The molecular weight excluding hydrogens is 402 g/mol. The molecule has 7 heteroatoms. The second-order valence-electron chi connectivity index (χ2n) is 7.91. The van der Waals surface area contributed by atoms with E-state index in [0.29, 0.717) is 31.7 Å². The zero-order chi connectivity index (χ0) is 22.5. The molecule has 1 saturated heterocycles. The van der Waals surface area contributed by atoms with Crippen molar-refractivity contribution in [3.8, 4) is 11.1 Å². The lowest BCUT2D eigenvalue weighted by molar-refractivity contribution is -0.130. The minimum atomic E-state index is -0.247. The van der Waals surface area contributed by atoms with Gasteiger partial charge in [0.2, 0.25) is 5.91 Å². The second-order valence-corrected chi connectivity index (χ2v) is 7.91. The van der Waals surface area contributed by atoms with Crippen LogP contribution in [-0.4, -0.2) is 59.4 Å². The Morgan fingerprint density at radius 2 is 1.53 bits per heavy atom. The molecule has 1 fully saturated rings. The van der Waals surface area contributed by atoms with E-state index in [1.165, 1.54) is 0 Å². The Kier molecular flexibility index (Phi) is 6.44. The van der Waals surface area contributed by atoms with E-state index < -0.39 is 0 Å². The average molecular weight is 430 g/mol. The SMILES string of the molecule is Cc1cc(N2CCN(C(=O)CNC(=O)c3ccc(-c4ccccc4)cc3)CC2)nc(C)n1. The summed E-state index contributed by atoms with van der Waals surface area (Å²) in [5, 5.41) is 2.75. The molecule has 2 amide bonds. The van der Waals surface area contributed by atoms with Gasteiger partial charge in [-0.25, -0.2) is 9.97 Å². The maximum Gasteiger partial charge on any atom is 0.251 e. The number of carbonyl (C=O) groups excluding carboxylic acids is 2. The molecule has 7 nitrogen and oxygen atoms in total. The summed E-state index contributed by atoms with van der Waals surface area (Å²) in [7, 11) is 0. The predicted octanol–water partition coefficient (Wildman–Crippen LogP) is 2.84. The van der Waals surface area contributed by atoms with E-state index in [0.717, 1.165) is 28.5 Å². The smallest absolute Gasteiger partial charge is 0.251 e. The van der Waals surface area contributed by atoms with Crippen molar-refractivity contribution in [2.24, 2.45) is 0 Å². The molecular formula is C25H27N5O2. The van der Waals surface area contributed by atoms with Crippen molar-refractivity contribution in [1.82, 2.24) is 20.2 Å². The van der Waals surface area contributed by atoms with E-state index in [1.807, 2.05) is 62.4 Å². The van der Waals surface area contributed by atoms with Gasteiger partial charge in [-0.3, -0.25) is 9.59 Å². The maximum absolute atomic E-state index is 12.6. The van der Waals surface area contributed by atoms with Crippen molar-refractivity contribution in [2.75, 3.05) is 37.6 Å². The fraction of sp³-hybridized carbons (Fsp3) is 0.280. The van der Waals surface area contributed by atoms with Crippen LogP contribution in [0.15, 0.2) is 60.7 Å². The van der Waals surface area contributed by atoms with E-state index in [1.54, 1.807) is 17.0 Å². The first-order chi connectivity index (χ1) is 15.5. The molecule has 0 unspecified atom stereocenters. The molecule has 0 saturated carbocycles. The number of nitrogens with zero attached hydrogens (tertiary/aromatic N) is 4. The average Bonchev–Trinajstić information content (AvgIpc) is 2.82. The lowest BCUT2D eigenvalue weighted by Gasteiger charge is -2.35. The van der Waals surface area contributed by atoms with Gasteiger partial charge in [0.1, 0.15) is 11.6 Å². The summed E-state index contributed by atoms with van der Waals surface area (Å²) in [5.41, 5.74) is 3.62.